The van der Waals surface area contributed by atoms with Crippen LogP contribution in [0.25, 0.3) is 16.9 Å². The summed E-state index contributed by atoms with van der Waals surface area (Å²) in [7, 11) is 0. The molecule has 0 fully saturated rings. The summed E-state index contributed by atoms with van der Waals surface area (Å²) in [5.74, 6) is -0.0869. The number of benzene rings is 1. The molecule has 112 valence electrons. The maximum atomic E-state index is 12.1. The molecule has 0 aliphatic carbocycles. The van der Waals surface area contributed by atoms with Gasteiger partial charge in [0, 0.05) is 29.7 Å². The number of hydrogen-bond donors (Lipinski definition) is 2. The van der Waals surface area contributed by atoms with E-state index in [9.17, 15) is 4.79 Å². The van der Waals surface area contributed by atoms with Gasteiger partial charge in [-0.15, -0.1) is 0 Å². The first-order valence-corrected chi connectivity index (χ1v) is 7.18. The number of amides is 1. The first-order chi connectivity index (χ1) is 10.5. The molecule has 5 heteroatoms. The Hall–Kier alpha value is -2.82. The molecular weight excluding hydrogens is 276 g/mol. The number of anilines is 1. The van der Waals surface area contributed by atoms with Gasteiger partial charge in [0.25, 0.3) is 5.91 Å². The zero-order valence-electron chi connectivity index (χ0n) is 12.6. The SMILES string of the molecule is CC(C)NC(=O)c1ccc2nc(-c3cccc(N)c3)cn2c1. The predicted molar refractivity (Wildman–Crippen MR) is 87.6 cm³/mol. The Morgan fingerprint density at radius 1 is 1.23 bits per heavy atom. The molecule has 0 spiro atoms. The van der Waals surface area contributed by atoms with Gasteiger partial charge in [-0.2, -0.15) is 0 Å². The maximum Gasteiger partial charge on any atom is 0.252 e. The van der Waals surface area contributed by atoms with Crippen molar-refractivity contribution in [1.82, 2.24) is 14.7 Å². The minimum absolute atomic E-state index is 0.0869. The van der Waals surface area contributed by atoms with E-state index >= 15 is 0 Å². The lowest BCUT2D eigenvalue weighted by Gasteiger charge is -2.08. The van der Waals surface area contributed by atoms with Crippen molar-refractivity contribution in [3.8, 4) is 11.3 Å². The summed E-state index contributed by atoms with van der Waals surface area (Å²) >= 11 is 0. The number of nitrogens with two attached hydrogens (primary N) is 1. The molecule has 3 rings (SSSR count). The summed E-state index contributed by atoms with van der Waals surface area (Å²) in [4.78, 5) is 16.6. The van der Waals surface area contributed by atoms with Gasteiger partial charge < -0.3 is 15.5 Å². The lowest BCUT2D eigenvalue weighted by Crippen LogP contribution is -2.30. The molecule has 0 bridgehead atoms. The van der Waals surface area contributed by atoms with Gasteiger partial charge in [-0.25, -0.2) is 4.98 Å². The van der Waals surface area contributed by atoms with Crippen LogP contribution in [0.2, 0.25) is 0 Å². The number of nitrogen functional groups attached to an aromatic ring is 1. The summed E-state index contributed by atoms with van der Waals surface area (Å²) in [5, 5.41) is 2.88. The van der Waals surface area contributed by atoms with Crippen molar-refractivity contribution < 1.29 is 4.79 Å². The molecule has 22 heavy (non-hydrogen) atoms. The first kappa shape index (κ1) is 14.1. The quantitative estimate of drug-likeness (QED) is 0.729. The number of carbonyl (C=O) groups excluding carboxylic acids is 1. The second-order valence-corrected chi connectivity index (χ2v) is 5.56. The van der Waals surface area contributed by atoms with Crippen LogP contribution < -0.4 is 11.1 Å². The zero-order chi connectivity index (χ0) is 15.7. The zero-order valence-corrected chi connectivity index (χ0v) is 12.6. The maximum absolute atomic E-state index is 12.1. The van der Waals surface area contributed by atoms with E-state index < -0.39 is 0 Å². The monoisotopic (exact) mass is 294 g/mol. The van der Waals surface area contributed by atoms with E-state index in [1.165, 1.54) is 0 Å². The van der Waals surface area contributed by atoms with Crippen LogP contribution >= 0.6 is 0 Å². The van der Waals surface area contributed by atoms with Crippen molar-refractivity contribution in [2.24, 2.45) is 0 Å². The highest BCUT2D eigenvalue weighted by atomic mass is 16.1. The fourth-order valence-corrected chi connectivity index (χ4v) is 2.31. The van der Waals surface area contributed by atoms with Crippen LogP contribution in [0, 0.1) is 0 Å². The van der Waals surface area contributed by atoms with Crippen molar-refractivity contribution >= 4 is 17.2 Å². The van der Waals surface area contributed by atoms with Crippen molar-refractivity contribution in [1.29, 1.82) is 0 Å². The molecule has 0 radical (unpaired) electrons. The highest BCUT2D eigenvalue weighted by Crippen LogP contribution is 2.21. The summed E-state index contributed by atoms with van der Waals surface area (Å²) < 4.78 is 1.85. The van der Waals surface area contributed by atoms with E-state index in [4.69, 9.17) is 5.73 Å². The predicted octanol–water partition coefficient (Wildman–Crippen LogP) is 2.72. The lowest BCUT2D eigenvalue weighted by atomic mass is 10.1. The van der Waals surface area contributed by atoms with Crippen molar-refractivity contribution in [2.75, 3.05) is 5.73 Å². The molecule has 3 aromatic rings. The van der Waals surface area contributed by atoms with E-state index in [0.29, 0.717) is 11.3 Å². The molecule has 0 unspecified atom stereocenters. The number of nitrogens with zero attached hydrogens (tertiary/aromatic N) is 2. The number of aromatic nitrogens is 2. The Bertz CT molecular complexity index is 836. The number of rotatable bonds is 3. The summed E-state index contributed by atoms with van der Waals surface area (Å²) in [6.07, 6.45) is 3.69. The molecule has 0 aliphatic heterocycles. The average Bonchev–Trinajstić information content (AvgIpc) is 2.89. The molecule has 0 aliphatic rings. The number of nitrogens with one attached hydrogen (secondary N) is 1. The van der Waals surface area contributed by atoms with Crippen LogP contribution in [0.4, 0.5) is 5.69 Å². The Morgan fingerprint density at radius 3 is 2.77 bits per heavy atom. The highest BCUT2D eigenvalue weighted by Gasteiger charge is 2.10. The van der Waals surface area contributed by atoms with E-state index in [2.05, 4.69) is 10.3 Å². The lowest BCUT2D eigenvalue weighted by molar-refractivity contribution is 0.0942. The fourth-order valence-electron chi connectivity index (χ4n) is 2.31. The van der Waals surface area contributed by atoms with Gasteiger partial charge >= 0.3 is 0 Å². The van der Waals surface area contributed by atoms with Gasteiger partial charge in [-0.1, -0.05) is 12.1 Å². The summed E-state index contributed by atoms with van der Waals surface area (Å²) in [5.41, 5.74) is 9.70. The number of hydrogen-bond acceptors (Lipinski definition) is 3. The number of fused-ring (bicyclic) bond motifs is 1. The summed E-state index contributed by atoms with van der Waals surface area (Å²) in [6, 6.07) is 11.3. The molecule has 1 amide bonds. The largest absolute Gasteiger partial charge is 0.399 e. The molecule has 1 aromatic carbocycles. The Morgan fingerprint density at radius 2 is 2.05 bits per heavy atom. The molecule has 0 saturated carbocycles. The van der Waals surface area contributed by atoms with E-state index in [1.54, 1.807) is 12.3 Å². The number of carbonyl (C=O) groups is 1. The Kier molecular flexibility index (Phi) is 3.55. The molecule has 0 saturated heterocycles. The first-order valence-electron chi connectivity index (χ1n) is 7.18. The number of pyridine rings is 1. The van der Waals surface area contributed by atoms with Crippen molar-refractivity contribution in [2.45, 2.75) is 19.9 Å². The smallest absolute Gasteiger partial charge is 0.252 e. The normalized spacial score (nSPS) is 11.0. The van der Waals surface area contributed by atoms with Crippen LogP contribution in [0.15, 0.2) is 48.8 Å². The minimum atomic E-state index is -0.0869. The van der Waals surface area contributed by atoms with Gasteiger partial charge in [0.15, 0.2) is 0 Å². The van der Waals surface area contributed by atoms with Crippen LogP contribution in [-0.2, 0) is 0 Å². The second-order valence-electron chi connectivity index (χ2n) is 5.56. The van der Waals surface area contributed by atoms with Gasteiger partial charge in [-0.3, -0.25) is 4.79 Å². The fraction of sp³-hybridized carbons (Fsp3) is 0.176. The van der Waals surface area contributed by atoms with Crippen LogP contribution in [0.1, 0.15) is 24.2 Å². The van der Waals surface area contributed by atoms with Gasteiger partial charge in [0.2, 0.25) is 0 Å². The Balaban J connectivity index is 1.98. The van der Waals surface area contributed by atoms with Crippen LogP contribution in [-0.4, -0.2) is 21.3 Å². The van der Waals surface area contributed by atoms with Crippen LogP contribution in [0.3, 0.4) is 0 Å². The van der Waals surface area contributed by atoms with Gasteiger partial charge in [0.1, 0.15) is 5.65 Å². The van der Waals surface area contributed by atoms with E-state index in [0.717, 1.165) is 16.9 Å². The third-order valence-electron chi connectivity index (χ3n) is 3.32. The summed E-state index contributed by atoms with van der Waals surface area (Å²) in [6.45, 7) is 3.87. The topological polar surface area (TPSA) is 72.4 Å². The second kappa shape index (κ2) is 5.52. The van der Waals surface area contributed by atoms with Gasteiger partial charge in [0.05, 0.1) is 11.3 Å². The third kappa shape index (κ3) is 2.79. The minimum Gasteiger partial charge on any atom is -0.399 e. The van der Waals surface area contributed by atoms with Crippen LogP contribution in [0.5, 0.6) is 0 Å². The molecule has 2 heterocycles. The molecule has 2 aromatic heterocycles. The third-order valence-corrected chi connectivity index (χ3v) is 3.32. The molecular formula is C17H18N4O. The standard InChI is InChI=1S/C17H18N4O/c1-11(2)19-17(22)13-6-7-16-20-15(10-21(16)9-13)12-4-3-5-14(18)8-12/h3-11H,18H2,1-2H3,(H,19,22). The highest BCUT2D eigenvalue weighted by molar-refractivity contribution is 5.94. The molecule has 3 N–H and O–H groups in total. The molecule has 0 atom stereocenters. The van der Waals surface area contributed by atoms with Crippen molar-refractivity contribution in [3.05, 3.63) is 54.4 Å². The average molecular weight is 294 g/mol. The molecule has 5 nitrogen and oxygen atoms in total. The van der Waals surface area contributed by atoms with Gasteiger partial charge in [-0.05, 0) is 38.1 Å². The van der Waals surface area contributed by atoms with Crippen molar-refractivity contribution in [3.63, 3.8) is 0 Å². The Labute approximate surface area is 128 Å². The number of imidazole rings is 1. The van der Waals surface area contributed by atoms with E-state index in [1.807, 2.05) is 54.8 Å². The van der Waals surface area contributed by atoms with E-state index in [-0.39, 0.29) is 11.9 Å².